The van der Waals surface area contributed by atoms with Gasteiger partial charge < -0.3 is 11.5 Å². The van der Waals surface area contributed by atoms with E-state index in [1.54, 1.807) is 0 Å². The molecule has 0 saturated carbocycles. The molecule has 3 nitrogen and oxygen atoms in total. The number of halogens is 1. The lowest BCUT2D eigenvalue weighted by Gasteiger charge is -2.03. The highest BCUT2D eigenvalue weighted by Crippen LogP contribution is 2.14. The van der Waals surface area contributed by atoms with Crippen LogP contribution in [0, 0.1) is 0 Å². The van der Waals surface area contributed by atoms with Crippen LogP contribution < -0.4 is 11.5 Å². The van der Waals surface area contributed by atoms with E-state index in [1.807, 2.05) is 0 Å². The van der Waals surface area contributed by atoms with Gasteiger partial charge in [-0.3, -0.25) is 4.99 Å². The first-order valence-corrected chi connectivity index (χ1v) is 10.8. The molecule has 25 heavy (non-hydrogen) atoms. The van der Waals surface area contributed by atoms with E-state index < -0.39 is 0 Å². The molecule has 0 aromatic rings. The van der Waals surface area contributed by atoms with Gasteiger partial charge in [0.1, 0.15) is 0 Å². The number of hydrogen-bond acceptors (Lipinski definition) is 1. The van der Waals surface area contributed by atoms with Crippen LogP contribution in [0.1, 0.15) is 122 Å². The monoisotopic (exact) mass is 375 g/mol. The molecule has 0 bridgehead atoms. The molecule has 0 aliphatic heterocycles. The van der Waals surface area contributed by atoms with Gasteiger partial charge in [-0.05, 0) is 6.42 Å². The first-order valence-electron chi connectivity index (χ1n) is 10.8. The van der Waals surface area contributed by atoms with Crippen molar-refractivity contribution in [2.24, 2.45) is 16.5 Å². The molecule has 0 aromatic heterocycles. The average Bonchev–Trinajstić information content (AvgIpc) is 2.56. The van der Waals surface area contributed by atoms with E-state index in [2.05, 4.69) is 11.9 Å². The summed E-state index contributed by atoms with van der Waals surface area (Å²) in [5.74, 6) is 0.224. The molecule has 0 aliphatic rings. The first-order chi connectivity index (χ1) is 11.8. The minimum Gasteiger partial charge on any atom is -0.370 e. The Morgan fingerprint density at radius 3 is 1.08 bits per heavy atom. The summed E-state index contributed by atoms with van der Waals surface area (Å²) >= 11 is 0. The highest BCUT2D eigenvalue weighted by Gasteiger charge is 1.95. The predicted molar refractivity (Wildman–Crippen MR) is 117 cm³/mol. The lowest BCUT2D eigenvalue weighted by atomic mass is 10.0. The Morgan fingerprint density at radius 2 is 0.800 bits per heavy atom. The molecule has 0 atom stereocenters. The minimum absolute atomic E-state index is 0. The molecule has 0 heterocycles. The van der Waals surface area contributed by atoms with Crippen molar-refractivity contribution in [1.82, 2.24) is 0 Å². The Labute approximate surface area is 164 Å². The summed E-state index contributed by atoms with van der Waals surface area (Å²) in [6.07, 6.45) is 25.3. The van der Waals surface area contributed by atoms with Crippen LogP contribution in [0.2, 0.25) is 0 Å². The second kappa shape index (κ2) is 23.6. The maximum Gasteiger partial charge on any atom is 0.185 e. The van der Waals surface area contributed by atoms with Crippen molar-refractivity contribution in [3.05, 3.63) is 0 Å². The van der Waals surface area contributed by atoms with Gasteiger partial charge in [-0.1, -0.05) is 116 Å². The van der Waals surface area contributed by atoms with E-state index in [-0.39, 0.29) is 18.4 Å². The van der Waals surface area contributed by atoms with E-state index in [0.717, 1.165) is 13.0 Å². The van der Waals surface area contributed by atoms with E-state index in [9.17, 15) is 0 Å². The number of nitrogens with zero attached hydrogens (tertiary/aromatic N) is 1. The summed E-state index contributed by atoms with van der Waals surface area (Å²) in [5, 5.41) is 0. The fraction of sp³-hybridized carbons (Fsp3) is 0.952. The molecular formula is C21H46ClN3. The van der Waals surface area contributed by atoms with Gasteiger partial charge in [0.05, 0.1) is 0 Å². The molecule has 0 fully saturated rings. The van der Waals surface area contributed by atoms with Gasteiger partial charge in [0.2, 0.25) is 0 Å². The topological polar surface area (TPSA) is 64.4 Å². The molecule has 0 rings (SSSR count). The molecule has 0 spiro atoms. The van der Waals surface area contributed by atoms with Crippen LogP contribution in [-0.2, 0) is 0 Å². The lowest BCUT2D eigenvalue weighted by molar-refractivity contribution is 0.525. The minimum atomic E-state index is 0. The van der Waals surface area contributed by atoms with Crippen molar-refractivity contribution in [2.75, 3.05) is 6.54 Å². The van der Waals surface area contributed by atoms with Gasteiger partial charge in [0.25, 0.3) is 0 Å². The maximum absolute atomic E-state index is 5.30. The van der Waals surface area contributed by atoms with Crippen molar-refractivity contribution in [3.63, 3.8) is 0 Å². The number of unbranched alkanes of at least 4 members (excludes halogenated alkanes) is 17. The Kier molecular flexibility index (Phi) is 25.2. The van der Waals surface area contributed by atoms with Crippen LogP contribution >= 0.6 is 12.4 Å². The zero-order valence-electron chi connectivity index (χ0n) is 16.9. The quantitative estimate of drug-likeness (QED) is 0.149. The molecule has 4 heteroatoms. The number of nitrogens with two attached hydrogens (primary N) is 2. The third-order valence-electron chi connectivity index (χ3n) is 4.81. The van der Waals surface area contributed by atoms with E-state index in [1.165, 1.54) is 109 Å². The zero-order valence-corrected chi connectivity index (χ0v) is 17.8. The predicted octanol–water partition coefficient (Wildman–Crippen LogP) is 6.72. The molecule has 0 radical (unpaired) electrons. The Hall–Kier alpha value is -0.440. The van der Waals surface area contributed by atoms with Gasteiger partial charge in [0, 0.05) is 6.54 Å². The van der Waals surface area contributed by atoms with Gasteiger partial charge in [-0.15, -0.1) is 12.4 Å². The third-order valence-corrected chi connectivity index (χ3v) is 4.81. The third kappa shape index (κ3) is 25.9. The normalized spacial score (nSPS) is 10.4. The van der Waals surface area contributed by atoms with E-state index in [4.69, 9.17) is 11.5 Å². The number of aliphatic imine (C=N–C) groups is 1. The molecule has 152 valence electrons. The van der Waals surface area contributed by atoms with E-state index in [0.29, 0.717) is 0 Å². The molecular weight excluding hydrogens is 330 g/mol. The second-order valence-electron chi connectivity index (χ2n) is 7.32. The smallest absolute Gasteiger partial charge is 0.185 e. The summed E-state index contributed by atoms with van der Waals surface area (Å²) in [5.41, 5.74) is 10.6. The largest absolute Gasteiger partial charge is 0.370 e. The molecule has 0 amide bonds. The zero-order chi connectivity index (χ0) is 17.7. The van der Waals surface area contributed by atoms with Gasteiger partial charge in [-0.25, -0.2) is 0 Å². The first kappa shape index (κ1) is 26.8. The van der Waals surface area contributed by atoms with E-state index >= 15 is 0 Å². The second-order valence-corrected chi connectivity index (χ2v) is 7.32. The van der Waals surface area contributed by atoms with Gasteiger partial charge in [-0.2, -0.15) is 0 Å². The van der Waals surface area contributed by atoms with Crippen molar-refractivity contribution in [2.45, 2.75) is 122 Å². The fourth-order valence-corrected chi connectivity index (χ4v) is 3.22. The van der Waals surface area contributed by atoms with Crippen LogP contribution in [0.25, 0.3) is 0 Å². The molecule has 0 aromatic carbocycles. The Morgan fingerprint density at radius 1 is 0.520 bits per heavy atom. The summed E-state index contributed by atoms with van der Waals surface area (Å²) in [4.78, 5) is 4.01. The SMILES string of the molecule is CCCCCCCCCCCCCCCCCCCCN=C(N)N.Cl. The highest BCUT2D eigenvalue weighted by atomic mass is 35.5. The summed E-state index contributed by atoms with van der Waals surface area (Å²) < 4.78 is 0. The summed E-state index contributed by atoms with van der Waals surface area (Å²) in [6, 6.07) is 0. The maximum atomic E-state index is 5.30. The molecule has 4 N–H and O–H groups in total. The van der Waals surface area contributed by atoms with Crippen LogP contribution in [-0.4, -0.2) is 12.5 Å². The number of guanidine groups is 1. The lowest BCUT2D eigenvalue weighted by Crippen LogP contribution is -2.22. The van der Waals surface area contributed by atoms with Crippen molar-refractivity contribution < 1.29 is 0 Å². The van der Waals surface area contributed by atoms with Gasteiger partial charge >= 0.3 is 0 Å². The molecule has 0 unspecified atom stereocenters. The number of hydrogen-bond donors (Lipinski definition) is 2. The molecule has 0 aliphatic carbocycles. The van der Waals surface area contributed by atoms with Crippen LogP contribution in [0.5, 0.6) is 0 Å². The molecule has 0 saturated heterocycles. The number of rotatable bonds is 19. The fourth-order valence-electron chi connectivity index (χ4n) is 3.22. The highest BCUT2D eigenvalue weighted by molar-refractivity contribution is 5.85. The van der Waals surface area contributed by atoms with Crippen molar-refractivity contribution >= 4 is 18.4 Å². The van der Waals surface area contributed by atoms with Crippen LogP contribution in [0.15, 0.2) is 4.99 Å². The Bertz CT molecular complexity index is 266. The Balaban J connectivity index is 0. The van der Waals surface area contributed by atoms with Crippen LogP contribution in [0.3, 0.4) is 0 Å². The van der Waals surface area contributed by atoms with Crippen LogP contribution in [0.4, 0.5) is 0 Å². The van der Waals surface area contributed by atoms with Crippen molar-refractivity contribution in [3.8, 4) is 0 Å². The standard InChI is InChI=1S/C21H45N3.ClH/c1-2-3-4-5-6-7-8-9-10-11-12-13-14-15-16-17-18-19-20-24-21(22)23;/h2-20H2,1H3,(H4,22,23,24);1H. The summed E-state index contributed by atoms with van der Waals surface area (Å²) in [6.45, 7) is 3.08. The summed E-state index contributed by atoms with van der Waals surface area (Å²) in [7, 11) is 0. The van der Waals surface area contributed by atoms with Crippen molar-refractivity contribution in [1.29, 1.82) is 0 Å². The van der Waals surface area contributed by atoms with Gasteiger partial charge in [0.15, 0.2) is 5.96 Å². The average molecular weight is 376 g/mol.